The van der Waals surface area contributed by atoms with E-state index in [4.69, 9.17) is 16.6 Å². The molecule has 0 radical (unpaired) electrons. The third kappa shape index (κ3) is 6.55. The van der Waals surface area contributed by atoms with Crippen molar-refractivity contribution in [3.05, 3.63) is 15.4 Å². The third-order valence-electron chi connectivity index (χ3n) is 3.15. The summed E-state index contributed by atoms with van der Waals surface area (Å²) in [6, 6.07) is -0.781. The standard InChI is InChI=1S/C7H14N2O.C6H5BrN2O3S/c8-7(10)6-3-1-2-4-9-5-6;7-2-1-13-4(9-6(8)12)3(2)5(10)11/h6,9H,1-5H2,(H2,8,10);1H,(H,10,11)(H3,8,9,12)/t6-;/m0./s1. The van der Waals surface area contributed by atoms with E-state index < -0.39 is 12.0 Å². The second-order valence-electron chi connectivity index (χ2n) is 4.88. The number of aromatic carboxylic acids is 1. The number of rotatable bonds is 3. The van der Waals surface area contributed by atoms with Gasteiger partial charge in [0.2, 0.25) is 5.91 Å². The summed E-state index contributed by atoms with van der Waals surface area (Å²) >= 11 is 4.14. The van der Waals surface area contributed by atoms with Crippen LogP contribution in [0.1, 0.15) is 29.6 Å². The second-order valence-corrected chi connectivity index (χ2v) is 6.62. The predicted octanol–water partition coefficient (Wildman–Crippen LogP) is 1.56. The second kappa shape index (κ2) is 9.48. The lowest BCUT2D eigenvalue weighted by atomic mass is 10.0. The zero-order valence-electron chi connectivity index (χ0n) is 12.3. The third-order valence-corrected chi connectivity index (χ3v) is 4.97. The lowest BCUT2D eigenvalue weighted by molar-refractivity contribution is -0.121. The van der Waals surface area contributed by atoms with Crippen LogP contribution in [0.5, 0.6) is 0 Å². The van der Waals surface area contributed by atoms with Crippen LogP contribution >= 0.6 is 27.3 Å². The van der Waals surface area contributed by atoms with Crippen molar-refractivity contribution in [2.45, 2.75) is 19.3 Å². The first-order valence-corrected chi connectivity index (χ1v) is 8.57. The van der Waals surface area contributed by atoms with Gasteiger partial charge in [-0.05, 0) is 35.3 Å². The molecule has 0 aliphatic carbocycles. The lowest BCUT2D eigenvalue weighted by Crippen LogP contribution is -2.31. The monoisotopic (exact) mass is 406 g/mol. The van der Waals surface area contributed by atoms with Gasteiger partial charge in [-0.1, -0.05) is 6.42 Å². The molecule has 7 N–H and O–H groups in total. The van der Waals surface area contributed by atoms with Gasteiger partial charge in [-0.15, -0.1) is 11.3 Å². The summed E-state index contributed by atoms with van der Waals surface area (Å²) in [6.07, 6.45) is 3.26. The Hall–Kier alpha value is -1.65. The molecule has 8 nitrogen and oxygen atoms in total. The molecule has 0 spiro atoms. The van der Waals surface area contributed by atoms with E-state index in [1.165, 1.54) is 6.42 Å². The van der Waals surface area contributed by atoms with Crippen LogP contribution in [-0.4, -0.2) is 36.1 Å². The van der Waals surface area contributed by atoms with Gasteiger partial charge in [0.15, 0.2) is 0 Å². The summed E-state index contributed by atoms with van der Waals surface area (Å²) in [4.78, 5) is 31.8. The number of amides is 3. The fraction of sp³-hybridized carbons (Fsp3) is 0.462. The Morgan fingerprint density at radius 1 is 1.35 bits per heavy atom. The normalized spacial score (nSPS) is 17.3. The molecule has 10 heteroatoms. The van der Waals surface area contributed by atoms with Crippen molar-refractivity contribution < 1.29 is 19.5 Å². The Morgan fingerprint density at radius 3 is 2.61 bits per heavy atom. The highest BCUT2D eigenvalue weighted by atomic mass is 79.9. The van der Waals surface area contributed by atoms with Crippen LogP contribution in [-0.2, 0) is 4.79 Å². The first-order valence-electron chi connectivity index (χ1n) is 6.89. The van der Waals surface area contributed by atoms with Gasteiger partial charge in [-0.2, -0.15) is 0 Å². The van der Waals surface area contributed by atoms with E-state index in [2.05, 4.69) is 26.6 Å². The van der Waals surface area contributed by atoms with Gasteiger partial charge in [0.25, 0.3) is 0 Å². The van der Waals surface area contributed by atoms with E-state index in [1.807, 2.05) is 0 Å². The molecule has 2 heterocycles. The molecule has 1 aromatic rings. The predicted molar refractivity (Wildman–Crippen MR) is 91.6 cm³/mol. The number of carbonyl (C=O) groups excluding carboxylic acids is 2. The summed E-state index contributed by atoms with van der Waals surface area (Å²) in [6.45, 7) is 1.80. The molecular formula is C13H19BrN4O4S. The molecule has 1 atom stereocenters. The van der Waals surface area contributed by atoms with Crippen LogP contribution in [0.25, 0.3) is 0 Å². The summed E-state index contributed by atoms with van der Waals surface area (Å²) in [5, 5.41) is 15.9. The molecule has 1 aromatic heterocycles. The average molecular weight is 407 g/mol. The van der Waals surface area contributed by atoms with Crippen molar-refractivity contribution in [1.29, 1.82) is 0 Å². The highest BCUT2D eigenvalue weighted by molar-refractivity contribution is 9.10. The van der Waals surface area contributed by atoms with Crippen LogP contribution in [0.3, 0.4) is 0 Å². The number of nitrogens with one attached hydrogen (secondary N) is 2. The summed E-state index contributed by atoms with van der Waals surface area (Å²) in [7, 11) is 0. The number of nitrogens with two attached hydrogens (primary N) is 2. The number of anilines is 1. The van der Waals surface area contributed by atoms with E-state index >= 15 is 0 Å². The zero-order chi connectivity index (χ0) is 17.4. The summed E-state index contributed by atoms with van der Waals surface area (Å²) < 4.78 is 0.425. The lowest BCUT2D eigenvalue weighted by Gasteiger charge is -2.07. The first-order chi connectivity index (χ1) is 10.8. The molecule has 0 aromatic carbocycles. The number of thiophene rings is 1. The maximum atomic E-state index is 10.7. The maximum absolute atomic E-state index is 10.7. The Labute approximate surface area is 145 Å². The highest BCUT2D eigenvalue weighted by Gasteiger charge is 2.17. The van der Waals surface area contributed by atoms with Crippen LogP contribution in [0.15, 0.2) is 9.85 Å². The van der Waals surface area contributed by atoms with E-state index in [1.54, 1.807) is 5.38 Å². The van der Waals surface area contributed by atoms with Gasteiger partial charge in [0, 0.05) is 16.4 Å². The molecular weight excluding hydrogens is 388 g/mol. The molecule has 1 fully saturated rings. The first kappa shape index (κ1) is 19.4. The van der Waals surface area contributed by atoms with Crippen LogP contribution < -0.4 is 22.1 Å². The molecule has 1 aliphatic rings. The zero-order valence-corrected chi connectivity index (χ0v) is 14.7. The molecule has 3 amide bonds. The number of halogens is 1. The van der Waals surface area contributed by atoms with Gasteiger partial charge >= 0.3 is 12.0 Å². The maximum Gasteiger partial charge on any atom is 0.339 e. The van der Waals surface area contributed by atoms with E-state index in [0.29, 0.717) is 4.47 Å². The van der Waals surface area contributed by atoms with Crippen LogP contribution in [0.4, 0.5) is 9.80 Å². The molecule has 1 aliphatic heterocycles. The van der Waals surface area contributed by atoms with Crippen molar-refractivity contribution in [2.24, 2.45) is 17.4 Å². The summed E-state index contributed by atoms with van der Waals surface area (Å²) in [5.74, 6) is -1.20. The topological polar surface area (TPSA) is 148 Å². The molecule has 0 bridgehead atoms. The number of carboxylic acids is 1. The molecule has 0 unspecified atom stereocenters. The smallest absolute Gasteiger partial charge is 0.339 e. The van der Waals surface area contributed by atoms with E-state index in [9.17, 15) is 14.4 Å². The van der Waals surface area contributed by atoms with Crippen LogP contribution in [0, 0.1) is 5.92 Å². The largest absolute Gasteiger partial charge is 0.478 e. The number of hydrogen-bond donors (Lipinski definition) is 5. The SMILES string of the molecule is NC(=O)Nc1scc(Br)c1C(=O)O.NC(=O)[C@H]1CCCCNC1. The fourth-order valence-electron chi connectivity index (χ4n) is 2.00. The average Bonchev–Trinajstić information content (AvgIpc) is 2.67. The molecule has 128 valence electrons. The van der Waals surface area contributed by atoms with Crippen molar-refractivity contribution in [2.75, 3.05) is 18.4 Å². The Bertz CT molecular complexity index is 570. The van der Waals surface area contributed by atoms with Gasteiger partial charge < -0.3 is 21.9 Å². The van der Waals surface area contributed by atoms with E-state index in [-0.39, 0.29) is 22.4 Å². The van der Waals surface area contributed by atoms with Crippen molar-refractivity contribution in [3.8, 4) is 0 Å². The number of primary amides is 2. The summed E-state index contributed by atoms with van der Waals surface area (Å²) in [5.41, 5.74) is 10.0. The van der Waals surface area contributed by atoms with Gasteiger partial charge in [0.1, 0.15) is 10.6 Å². The Kier molecular flexibility index (Phi) is 8.00. The van der Waals surface area contributed by atoms with Crippen molar-refractivity contribution >= 4 is 50.2 Å². The van der Waals surface area contributed by atoms with Crippen LogP contribution in [0.2, 0.25) is 0 Å². The number of hydrogen-bond acceptors (Lipinski definition) is 5. The Morgan fingerprint density at radius 2 is 2.04 bits per heavy atom. The quantitative estimate of drug-likeness (QED) is 0.516. The number of carboxylic acid groups (broad SMARTS) is 1. The fourth-order valence-corrected chi connectivity index (χ4v) is 3.60. The Balaban J connectivity index is 0.000000238. The highest BCUT2D eigenvalue weighted by Crippen LogP contribution is 2.31. The minimum Gasteiger partial charge on any atom is -0.478 e. The minimum atomic E-state index is -1.11. The van der Waals surface area contributed by atoms with E-state index in [0.717, 1.165) is 37.3 Å². The van der Waals surface area contributed by atoms with Gasteiger partial charge in [-0.25, -0.2) is 9.59 Å². The molecule has 2 rings (SSSR count). The van der Waals surface area contributed by atoms with Crippen molar-refractivity contribution in [1.82, 2.24) is 5.32 Å². The number of urea groups is 1. The van der Waals surface area contributed by atoms with Gasteiger partial charge in [-0.3, -0.25) is 10.1 Å². The minimum absolute atomic E-state index is 0.0174. The van der Waals surface area contributed by atoms with Crippen molar-refractivity contribution in [3.63, 3.8) is 0 Å². The molecule has 23 heavy (non-hydrogen) atoms. The van der Waals surface area contributed by atoms with Gasteiger partial charge in [0.05, 0.1) is 5.92 Å². The molecule has 0 saturated carbocycles. The number of carbonyl (C=O) groups is 3. The molecule has 1 saturated heterocycles.